The van der Waals surface area contributed by atoms with E-state index in [2.05, 4.69) is 67.5 Å². The van der Waals surface area contributed by atoms with Crippen molar-refractivity contribution in [2.45, 2.75) is 58.7 Å². The Morgan fingerprint density at radius 2 is 1.94 bits per heavy atom. The first-order valence-electron chi connectivity index (χ1n) is 11.2. The van der Waals surface area contributed by atoms with Gasteiger partial charge in [-0.15, -0.1) is 0 Å². The number of benzene rings is 2. The lowest BCUT2D eigenvalue weighted by Gasteiger charge is -2.42. The van der Waals surface area contributed by atoms with Gasteiger partial charge in [0.05, 0.1) is 16.7 Å². The Balaban J connectivity index is 1.88. The predicted molar refractivity (Wildman–Crippen MR) is 131 cm³/mol. The zero-order valence-corrected chi connectivity index (χ0v) is 20.9. The summed E-state index contributed by atoms with van der Waals surface area (Å²) in [5, 5.41) is 9.09. The number of aliphatic carboxylic acids is 1. The molecular formula is C27H33BrO4. The van der Waals surface area contributed by atoms with Crippen molar-refractivity contribution in [3.63, 3.8) is 0 Å². The maximum Gasteiger partial charge on any atom is 0.341 e. The average Bonchev–Trinajstić information content (AvgIpc) is 2.72. The minimum Gasteiger partial charge on any atom is -0.480 e. The SMILES string of the molecule is C=C(C)[C@H]1C[C@H](c2ccc(CC(C)C)cc2)[C@H](C)O[C@@H]1c1cccc(Br)c1OCC(=O)O. The fourth-order valence-corrected chi connectivity index (χ4v) is 5.07. The average molecular weight is 501 g/mol. The largest absolute Gasteiger partial charge is 0.480 e. The van der Waals surface area contributed by atoms with Gasteiger partial charge in [0.1, 0.15) is 5.75 Å². The summed E-state index contributed by atoms with van der Waals surface area (Å²) >= 11 is 3.51. The van der Waals surface area contributed by atoms with Crippen LogP contribution in [-0.4, -0.2) is 23.8 Å². The van der Waals surface area contributed by atoms with E-state index < -0.39 is 12.6 Å². The third-order valence-electron chi connectivity index (χ3n) is 6.13. The zero-order chi connectivity index (χ0) is 23.4. The molecule has 0 aliphatic carbocycles. The fraction of sp³-hybridized carbons (Fsp3) is 0.444. The topological polar surface area (TPSA) is 55.8 Å². The van der Waals surface area contributed by atoms with Crippen LogP contribution in [0.2, 0.25) is 0 Å². The van der Waals surface area contributed by atoms with Crippen LogP contribution in [0, 0.1) is 11.8 Å². The van der Waals surface area contributed by atoms with E-state index in [1.165, 1.54) is 11.1 Å². The molecule has 4 nitrogen and oxygen atoms in total. The Bertz CT molecular complexity index is 951. The van der Waals surface area contributed by atoms with Crippen molar-refractivity contribution in [3.05, 3.63) is 75.8 Å². The second kappa shape index (κ2) is 10.7. The van der Waals surface area contributed by atoms with Crippen molar-refractivity contribution in [2.24, 2.45) is 11.8 Å². The molecule has 1 fully saturated rings. The number of ether oxygens (including phenoxy) is 2. The van der Waals surface area contributed by atoms with Crippen LogP contribution >= 0.6 is 15.9 Å². The number of rotatable bonds is 8. The lowest BCUT2D eigenvalue weighted by atomic mass is 9.75. The molecule has 0 radical (unpaired) electrons. The highest BCUT2D eigenvalue weighted by atomic mass is 79.9. The molecular weight excluding hydrogens is 468 g/mol. The lowest BCUT2D eigenvalue weighted by Crippen LogP contribution is -2.34. The van der Waals surface area contributed by atoms with Crippen LogP contribution in [0.5, 0.6) is 5.75 Å². The molecule has 172 valence electrons. The molecule has 1 N–H and O–H groups in total. The summed E-state index contributed by atoms with van der Waals surface area (Å²) in [5.41, 5.74) is 4.54. The first-order valence-corrected chi connectivity index (χ1v) is 12.0. The zero-order valence-electron chi connectivity index (χ0n) is 19.3. The number of para-hydroxylation sites is 1. The number of hydrogen-bond donors (Lipinski definition) is 1. The van der Waals surface area contributed by atoms with E-state index in [0.29, 0.717) is 11.7 Å². The van der Waals surface area contributed by atoms with Crippen molar-refractivity contribution in [1.29, 1.82) is 0 Å². The van der Waals surface area contributed by atoms with Crippen molar-refractivity contribution in [2.75, 3.05) is 6.61 Å². The second-order valence-electron chi connectivity index (χ2n) is 9.24. The molecule has 2 aromatic carbocycles. The number of carboxylic acids is 1. The molecule has 32 heavy (non-hydrogen) atoms. The molecule has 1 heterocycles. The first-order chi connectivity index (χ1) is 15.2. The molecule has 3 rings (SSSR count). The Kier molecular flexibility index (Phi) is 8.18. The summed E-state index contributed by atoms with van der Waals surface area (Å²) < 4.78 is 13.0. The quantitative estimate of drug-likeness (QED) is 0.398. The minimum absolute atomic E-state index is 0.00199. The minimum atomic E-state index is -1.01. The van der Waals surface area contributed by atoms with Gasteiger partial charge in [-0.25, -0.2) is 4.79 Å². The van der Waals surface area contributed by atoms with Gasteiger partial charge in [0.2, 0.25) is 0 Å². The summed E-state index contributed by atoms with van der Waals surface area (Å²) in [6.07, 6.45) is 1.74. The standard InChI is InChI=1S/C27H33BrO4/c1-16(2)13-19-9-11-20(12-10-19)23-14-22(17(3)4)26(32-18(23)5)21-7-6-8-24(28)27(21)31-15-25(29)30/h6-12,16,18,22-23,26H,3,13-15H2,1-2,4-5H3,(H,29,30)/t18-,22+,23-,26+/m0/s1. The first kappa shape index (κ1) is 24.5. The van der Waals surface area contributed by atoms with Crippen molar-refractivity contribution < 1.29 is 19.4 Å². The van der Waals surface area contributed by atoms with Crippen LogP contribution in [0.15, 0.2) is 59.1 Å². The lowest BCUT2D eigenvalue weighted by molar-refractivity contribution is -0.139. The highest BCUT2D eigenvalue weighted by Crippen LogP contribution is 2.49. The van der Waals surface area contributed by atoms with Gasteiger partial charge in [-0.05, 0) is 65.7 Å². The van der Waals surface area contributed by atoms with Crippen LogP contribution < -0.4 is 4.74 Å². The molecule has 0 aromatic heterocycles. The molecule has 0 spiro atoms. The van der Waals surface area contributed by atoms with Crippen molar-refractivity contribution in [1.82, 2.24) is 0 Å². The van der Waals surface area contributed by atoms with Crippen LogP contribution in [-0.2, 0) is 16.0 Å². The van der Waals surface area contributed by atoms with E-state index in [4.69, 9.17) is 14.6 Å². The number of carboxylic acid groups (broad SMARTS) is 1. The molecule has 1 saturated heterocycles. The van der Waals surface area contributed by atoms with Gasteiger partial charge < -0.3 is 14.6 Å². The Hall–Kier alpha value is -2.11. The molecule has 0 saturated carbocycles. The molecule has 0 unspecified atom stereocenters. The summed E-state index contributed by atoms with van der Waals surface area (Å²) in [4.78, 5) is 11.1. The third kappa shape index (κ3) is 5.81. The van der Waals surface area contributed by atoms with Gasteiger partial charge in [0.25, 0.3) is 0 Å². The van der Waals surface area contributed by atoms with Gasteiger partial charge in [-0.3, -0.25) is 0 Å². The Morgan fingerprint density at radius 3 is 2.53 bits per heavy atom. The molecule has 0 amide bonds. The molecule has 2 aromatic rings. The number of hydrogen-bond acceptors (Lipinski definition) is 3. The van der Waals surface area contributed by atoms with Gasteiger partial charge in [-0.2, -0.15) is 0 Å². The van der Waals surface area contributed by atoms with Crippen LogP contribution in [0.25, 0.3) is 0 Å². The van der Waals surface area contributed by atoms with Gasteiger partial charge in [-0.1, -0.05) is 62.4 Å². The van der Waals surface area contributed by atoms with Gasteiger partial charge in [0, 0.05) is 17.4 Å². The Morgan fingerprint density at radius 1 is 1.25 bits per heavy atom. The number of halogens is 1. The summed E-state index contributed by atoms with van der Waals surface area (Å²) in [5.74, 6) is 0.496. The van der Waals surface area contributed by atoms with E-state index >= 15 is 0 Å². The van der Waals surface area contributed by atoms with Gasteiger partial charge >= 0.3 is 5.97 Å². The predicted octanol–water partition coefficient (Wildman–Crippen LogP) is 6.94. The number of carbonyl (C=O) groups is 1. The van der Waals surface area contributed by atoms with E-state index in [1.54, 1.807) is 0 Å². The second-order valence-corrected chi connectivity index (χ2v) is 10.1. The summed E-state index contributed by atoms with van der Waals surface area (Å²) in [7, 11) is 0. The smallest absolute Gasteiger partial charge is 0.341 e. The van der Waals surface area contributed by atoms with Crippen molar-refractivity contribution in [3.8, 4) is 5.75 Å². The van der Waals surface area contributed by atoms with Crippen LogP contribution in [0.4, 0.5) is 0 Å². The van der Waals surface area contributed by atoms with Crippen LogP contribution in [0.3, 0.4) is 0 Å². The van der Waals surface area contributed by atoms with E-state index in [0.717, 1.165) is 28.5 Å². The highest BCUT2D eigenvalue weighted by Gasteiger charge is 2.39. The highest BCUT2D eigenvalue weighted by molar-refractivity contribution is 9.10. The molecule has 1 aliphatic rings. The molecule has 5 heteroatoms. The maximum absolute atomic E-state index is 11.1. The Labute approximate surface area is 199 Å². The van der Waals surface area contributed by atoms with Gasteiger partial charge in [0.15, 0.2) is 6.61 Å². The molecule has 4 atom stereocenters. The molecule has 0 bridgehead atoms. The fourth-order valence-electron chi connectivity index (χ4n) is 4.57. The maximum atomic E-state index is 11.1. The van der Waals surface area contributed by atoms with Crippen LogP contribution in [0.1, 0.15) is 62.8 Å². The normalized spacial score (nSPS) is 23.2. The van der Waals surface area contributed by atoms with E-state index in [1.807, 2.05) is 25.1 Å². The van der Waals surface area contributed by atoms with E-state index in [9.17, 15) is 4.79 Å². The monoisotopic (exact) mass is 500 g/mol. The summed E-state index contributed by atoms with van der Waals surface area (Å²) in [6.45, 7) is 12.5. The molecule has 1 aliphatic heterocycles. The van der Waals surface area contributed by atoms with E-state index in [-0.39, 0.29) is 24.0 Å². The third-order valence-corrected chi connectivity index (χ3v) is 6.75. The van der Waals surface area contributed by atoms with Crippen molar-refractivity contribution >= 4 is 21.9 Å². The summed E-state index contributed by atoms with van der Waals surface area (Å²) in [6, 6.07) is 14.7.